The van der Waals surface area contributed by atoms with Gasteiger partial charge in [-0.15, -0.1) is 0 Å². The van der Waals surface area contributed by atoms with Crippen molar-refractivity contribution in [2.45, 2.75) is 39.3 Å². The smallest absolute Gasteiger partial charge is 0.315 e. The summed E-state index contributed by atoms with van der Waals surface area (Å²) in [6.45, 7) is 3.79. The first-order chi connectivity index (χ1) is 8.47. The number of aliphatic carboxylic acids is 1. The van der Waals surface area contributed by atoms with E-state index in [-0.39, 0.29) is 25.0 Å². The predicted octanol–water partition coefficient (Wildman–Crippen LogP) is 1.04. The van der Waals surface area contributed by atoms with Gasteiger partial charge in [0.1, 0.15) is 0 Å². The lowest BCUT2D eigenvalue weighted by Crippen LogP contribution is -2.40. The van der Waals surface area contributed by atoms with Crippen molar-refractivity contribution in [3.63, 3.8) is 0 Å². The van der Waals surface area contributed by atoms with Crippen LogP contribution < -0.4 is 10.6 Å². The van der Waals surface area contributed by atoms with Crippen molar-refractivity contribution < 1.29 is 19.2 Å². The fourth-order valence-corrected chi connectivity index (χ4v) is 1.35. The van der Waals surface area contributed by atoms with E-state index in [0.717, 1.165) is 5.69 Å². The molecule has 1 unspecified atom stereocenters. The second-order valence-electron chi connectivity index (χ2n) is 4.10. The van der Waals surface area contributed by atoms with Gasteiger partial charge in [-0.25, -0.2) is 4.79 Å². The van der Waals surface area contributed by atoms with E-state index in [1.54, 1.807) is 19.9 Å². The summed E-state index contributed by atoms with van der Waals surface area (Å²) in [5, 5.41) is 17.4. The molecule has 100 valence electrons. The molecule has 1 aromatic rings. The number of nitrogens with zero attached hydrogens (tertiary/aromatic N) is 1. The molecule has 1 aromatic heterocycles. The Kier molecular flexibility index (Phi) is 5.16. The zero-order valence-electron chi connectivity index (χ0n) is 10.4. The van der Waals surface area contributed by atoms with Gasteiger partial charge in [0, 0.05) is 18.5 Å². The Morgan fingerprint density at radius 1 is 1.56 bits per heavy atom. The molecule has 1 heterocycles. The van der Waals surface area contributed by atoms with Gasteiger partial charge in [0.05, 0.1) is 12.2 Å². The number of aromatic nitrogens is 1. The summed E-state index contributed by atoms with van der Waals surface area (Å²) >= 11 is 0. The van der Waals surface area contributed by atoms with Gasteiger partial charge < -0.3 is 20.3 Å². The third kappa shape index (κ3) is 5.33. The minimum Gasteiger partial charge on any atom is -0.481 e. The summed E-state index contributed by atoms with van der Waals surface area (Å²) in [4.78, 5) is 21.8. The van der Waals surface area contributed by atoms with Crippen molar-refractivity contribution >= 4 is 12.0 Å². The number of carboxylic acids is 1. The van der Waals surface area contributed by atoms with Gasteiger partial charge in [-0.3, -0.25) is 4.79 Å². The maximum Gasteiger partial charge on any atom is 0.315 e. The van der Waals surface area contributed by atoms with E-state index in [4.69, 9.17) is 9.63 Å². The number of carbonyl (C=O) groups excluding carboxylic acids is 1. The Balaban J connectivity index is 2.22. The normalized spacial score (nSPS) is 11.9. The highest BCUT2D eigenvalue weighted by atomic mass is 16.5. The number of rotatable bonds is 6. The second-order valence-corrected chi connectivity index (χ2v) is 4.10. The van der Waals surface area contributed by atoms with Crippen LogP contribution in [0.1, 0.15) is 31.2 Å². The number of carbonyl (C=O) groups is 2. The van der Waals surface area contributed by atoms with E-state index in [1.807, 2.05) is 0 Å². The minimum absolute atomic E-state index is 0.0305. The lowest BCUT2D eigenvalue weighted by molar-refractivity contribution is -0.137. The van der Waals surface area contributed by atoms with Crippen molar-refractivity contribution in [2.75, 3.05) is 0 Å². The average molecular weight is 255 g/mol. The number of aryl methyl sites for hydroxylation is 1. The van der Waals surface area contributed by atoms with Crippen molar-refractivity contribution in [3.8, 4) is 0 Å². The standard InChI is InChI=1S/C11H17N3O4/c1-7(3-4-10(15)16)13-11(17)12-6-9-5-8(2)14-18-9/h5,7H,3-4,6H2,1-2H3,(H,15,16)(H2,12,13,17). The van der Waals surface area contributed by atoms with E-state index in [1.165, 1.54) is 0 Å². The van der Waals surface area contributed by atoms with Crippen LogP contribution in [0.15, 0.2) is 10.6 Å². The molecule has 1 rings (SSSR count). The first kappa shape index (κ1) is 14.0. The summed E-state index contributed by atoms with van der Waals surface area (Å²) in [7, 11) is 0. The molecular formula is C11H17N3O4. The zero-order chi connectivity index (χ0) is 13.5. The molecule has 0 saturated carbocycles. The fourth-order valence-electron chi connectivity index (χ4n) is 1.35. The number of amides is 2. The summed E-state index contributed by atoms with van der Waals surface area (Å²) in [6.07, 6.45) is 0.424. The maximum atomic E-state index is 11.4. The minimum atomic E-state index is -0.874. The highest BCUT2D eigenvalue weighted by Crippen LogP contribution is 2.01. The number of carboxylic acid groups (broad SMARTS) is 1. The van der Waals surface area contributed by atoms with E-state index >= 15 is 0 Å². The molecule has 7 nitrogen and oxygen atoms in total. The van der Waals surface area contributed by atoms with Gasteiger partial charge in [-0.05, 0) is 20.3 Å². The SMILES string of the molecule is Cc1cc(CNC(=O)NC(C)CCC(=O)O)on1. The Labute approximate surface area is 105 Å². The summed E-state index contributed by atoms with van der Waals surface area (Å²) in [5.41, 5.74) is 0.752. The van der Waals surface area contributed by atoms with Crippen molar-refractivity contribution in [3.05, 3.63) is 17.5 Å². The fraction of sp³-hybridized carbons (Fsp3) is 0.545. The highest BCUT2D eigenvalue weighted by Gasteiger charge is 2.09. The van der Waals surface area contributed by atoms with Gasteiger partial charge in [-0.2, -0.15) is 0 Å². The Morgan fingerprint density at radius 3 is 2.83 bits per heavy atom. The molecule has 0 aliphatic carbocycles. The zero-order valence-corrected chi connectivity index (χ0v) is 10.4. The number of hydrogen-bond acceptors (Lipinski definition) is 4. The second kappa shape index (κ2) is 6.63. The van der Waals surface area contributed by atoms with E-state index in [0.29, 0.717) is 12.2 Å². The number of nitrogens with one attached hydrogen (secondary N) is 2. The summed E-state index contributed by atoms with van der Waals surface area (Å²) in [5.74, 6) is -0.304. The van der Waals surface area contributed by atoms with E-state index < -0.39 is 5.97 Å². The molecule has 0 radical (unpaired) electrons. The quantitative estimate of drug-likeness (QED) is 0.704. The summed E-state index contributed by atoms with van der Waals surface area (Å²) < 4.78 is 4.93. The monoisotopic (exact) mass is 255 g/mol. The Bertz CT molecular complexity index is 416. The van der Waals surface area contributed by atoms with Crippen LogP contribution in [0.25, 0.3) is 0 Å². The van der Waals surface area contributed by atoms with Crippen LogP contribution in [0.5, 0.6) is 0 Å². The number of hydrogen-bond donors (Lipinski definition) is 3. The average Bonchev–Trinajstić information content (AvgIpc) is 2.70. The maximum absolute atomic E-state index is 11.4. The third-order valence-corrected chi connectivity index (χ3v) is 2.27. The Morgan fingerprint density at radius 2 is 2.28 bits per heavy atom. The van der Waals surface area contributed by atoms with E-state index in [2.05, 4.69) is 15.8 Å². The molecule has 0 bridgehead atoms. The topological polar surface area (TPSA) is 104 Å². The summed E-state index contributed by atoms with van der Waals surface area (Å²) in [6, 6.07) is 1.17. The molecule has 1 atom stereocenters. The molecule has 3 N–H and O–H groups in total. The molecule has 0 spiro atoms. The molecule has 0 saturated heterocycles. The lowest BCUT2D eigenvalue weighted by atomic mass is 10.2. The molecular weight excluding hydrogens is 238 g/mol. The van der Waals surface area contributed by atoms with Crippen molar-refractivity contribution in [2.24, 2.45) is 0 Å². The van der Waals surface area contributed by atoms with Gasteiger partial charge >= 0.3 is 12.0 Å². The van der Waals surface area contributed by atoms with Crippen LogP contribution in [0, 0.1) is 6.92 Å². The molecule has 0 aliphatic rings. The van der Waals surface area contributed by atoms with Crippen molar-refractivity contribution in [1.29, 1.82) is 0 Å². The van der Waals surface area contributed by atoms with Gasteiger partial charge in [0.25, 0.3) is 0 Å². The van der Waals surface area contributed by atoms with Crippen LogP contribution >= 0.6 is 0 Å². The molecule has 0 aliphatic heterocycles. The van der Waals surface area contributed by atoms with Gasteiger partial charge in [-0.1, -0.05) is 5.16 Å². The molecule has 0 aromatic carbocycles. The van der Waals surface area contributed by atoms with E-state index in [9.17, 15) is 9.59 Å². The van der Waals surface area contributed by atoms with Crippen LogP contribution in [0.3, 0.4) is 0 Å². The predicted molar refractivity (Wildman–Crippen MR) is 62.9 cm³/mol. The first-order valence-electron chi connectivity index (χ1n) is 5.65. The van der Waals surface area contributed by atoms with Gasteiger partial charge in [0.2, 0.25) is 0 Å². The van der Waals surface area contributed by atoms with Crippen LogP contribution in [-0.2, 0) is 11.3 Å². The highest BCUT2D eigenvalue weighted by molar-refractivity contribution is 5.74. The van der Waals surface area contributed by atoms with Crippen LogP contribution in [0.2, 0.25) is 0 Å². The molecule has 7 heteroatoms. The number of urea groups is 1. The first-order valence-corrected chi connectivity index (χ1v) is 5.65. The van der Waals surface area contributed by atoms with Crippen LogP contribution in [-0.4, -0.2) is 28.3 Å². The molecule has 0 fully saturated rings. The van der Waals surface area contributed by atoms with Crippen LogP contribution in [0.4, 0.5) is 4.79 Å². The Hall–Kier alpha value is -2.05. The largest absolute Gasteiger partial charge is 0.481 e. The molecule has 2 amide bonds. The molecule has 18 heavy (non-hydrogen) atoms. The van der Waals surface area contributed by atoms with Gasteiger partial charge in [0.15, 0.2) is 5.76 Å². The third-order valence-electron chi connectivity index (χ3n) is 2.27. The van der Waals surface area contributed by atoms with Crippen molar-refractivity contribution in [1.82, 2.24) is 15.8 Å². The lowest BCUT2D eigenvalue weighted by Gasteiger charge is -2.12.